The lowest BCUT2D eigenvalue weighted by atomic mass is 10.0. The summed E-state index contributed by atoms with van der Waals surface area (Å²) in [6.45, 7) is 3.11. The molecule has 0 bridgehead atoms. The van der Waals surface area contributed by atoms with Gasteiger partial charge in [-0.25, -0.2) is 0 Å². The lowest BCUT2D eigenvalue weighted by Crippen LogP contribution is -2.36. The quantitative estimate of drug-likeness (QED) is 0.779. The molecular weight excluding hydrogens is 270 g/mol. The van der Waals surface area contributed by atoms with Crippen LogP contribution in [0.15, 0.2) is 24.4 Å². The van der Waals surface area contributed by atoms with Gasteiger partial charge < -0.3 is 25.5 Å². The third kappa shape index (κ3) is 2.72. The second kappa shape index (κ2) is 5.75. The van der Waals surface area contributed by atoms with E-state index in [2.05, 4.69) is 16.0 Å². The molecule has 0 radical (unpaired) electrons. The number of carboxylic acids is 1. The van der Waals surface area contributed by atoms with E-state index in [1.807, 2.05) is 18.3 Å². The largest absolute Gasteiger partial charge is 0.480 e. The molecular formula is C15H19N3O3. The average molecular weight is 289 g/mol. The molecule has 0 spiro atoms. The molecule has 2 aromatic rings. The molecule has 1 unspecified atom stereocenters. The van der Waals surface area contributed by atoms with Crippen molar-refractivity contribution in [1.29, 1.82) is 0 Å². The van der Waals surface area contributed by atoms with Crippen molar-refractivity contribution in [3.63, 3.8) is 0 Å². The molecule has 1 aromatic heterocycles. The van der Waals surface area contributed by atoms with E-state index in [4.69, 9.17) is 15.6 Å². The number of nitrogens with one attached hydrogen (secondary N) is 1. The maximum Gasteiger partial charge on any atom is 0.320 e. The van der Waals surface area contributed by atoms with Gasteiger partial charge in [-0.15, -0.1) is 0 Å². The minimum Gasteiger partial charge on any atom is -0.480 e. The summed E-state index contributed by atoms with van der Waals surface area (Å²) in [6, 6.07) is 5.18. The van der Waals surface area contributed by atoms with Gasteiger partial charge in [-0.05, 0) is 17.7 Å². The first-order valence-corrected chi connectivity index (χ1v) is 7.07. The van der Waals surface area contributed by atoms with Gasteiger partial charge in [0.15, 0.2) is 0 Å². The van der Waals surface area contributed by atoms with Crippen molar-refractivity contribution in [2.45, 2.75) is 12.5 Å². The first-order chi connectivity index (χ1) is 10.2. The number of nitrogens with two attached hydrogens (primary N) is 1. The zero-order valence-corrected chi connectivity index (χ0v) is 11.7. The molecule has 4 N–H and O–H groups in total. The van der Waals surface area contributed by atoms with Crippen molar-refractivity contribution in [2.24, 2.45) is 5.73 Å². The van der Waals surface area contributed by atoms with Crippen LogP contribution in [-0.2, 0) is 16.0 Å². The molecule has 1 aliphatic heterocycles. The molecule has 0 saturated carbocycles. The SMILES string of the molecule is NC(Cc1c[nH]c2cccc(N3CCOCC3)c12)C(=O)O. The van der Waals surface area contributed by atoms with Crippen LogP contribution in [0, 0.1) is 0 Å². The predicted molar refractivity (Wildman–Crippen MR) is 80.6 cm³/mol. The number of aromatic nitrogens is 1. The Labute approximate surface area is 122 Å². The Morgan fingerprint density at radius 2 is 2.19 bits per heavy atom. The number of morpholine rings is 1. The van der Waals surface area contributed by atoms with E-state index in [9.17, 15) is 4.79 Å². The van der Waals surface area contributed by atoms with Crippen LogP contribution in [-0.4, -0.2) is 48.4 Å². The summed E-state index contributed by atoms with van der Waals surface area (Å²) in [5.41, 5.74) is 8.75. The number of anilines is 1. The van der Waals surface area contributed by atoms with Crippen LogP contribution in [0.1, 0.15) is 5.56 Å². The Balaban J connectivity index is 1.99. The first kappa shape index (κ1) is 13.9. The fraction of sp³-hybridized carbons (Fsp3) is 0.400. The number of fused-ring (bicyclic) bond motifs is 1. The van der Waals surface area contributed by atoms with Gasteiger partial charge in [0, 0.05) is 42.3 Å². The monoisotopic (exact) mass is 289 g/mol. The first-order valence-electron chi connectivity index (χ1n) is 7.07. The summed E-state index contributed by atoms with van der Waals surface area (Å²) in [7, 11) is 0. The van der Waals surface area contributed by atoms with Crippen LogP contribution in [0.4, 0.5) is 5.69 Å². The summed E-state index contributed by atoms with van der Waals surface area (Å²) in [5, 5.41) is 10.1. The minimum absolute atomic E-state index is 0.316. The number of aromatic amines is 1. The molecule has 2 heterocycles. The molecule has 6 nitrogen and oxygen atoms in total. The summed E-state index contributed by atoms with van der Waals surface area (Å²) in [6.07, 6.45) is 2.17. The Hall–Kier alpha value is -2.05. The van der Waals surface area contributed by atoms with Gasteiger partial charge in [0.25, 0.3) is 0 Å². The summed E-state index contributed by atoms with van der Waals surface area (Å²) in [4.78, 5) is 16.5. The molecule has 1 atom stereocenters. The van der Waals surface area contributed by atoms with Crippen LogP contribution in [0.25, 0.3) is 10.9 Å². The Morgan fingerprint density at radius 3 is 2.90 bits per heavy atom. The molecule has 0 aliphatic carbocycles. The summed E-state index contributed by atoms with van der Waals surface area (Å²) in [5.74, 6) is -0.979. The lowest BCUT2D eigenvalue weighted by Gasteiger charge is -2.29. The van der Waals surface area contributed by atoms with Crippen molar-refractivity contribution in [2.75, 3.05) is 31.2 Å². The summed E-state index contributed by atoms with van der Waals surface area (Å²) >= 11 is 0. The Morgan fingerprint density at radius 1 is 1.43 bits per heavy atom. The Kier molecular flexibility index (Phi) is 3.81. The van der Waals surface area contributed by atoms with Crippen molar-refractivity contribution >= 4 is 22.6 Å². The van der Waals surface area contributed by atoms with E-state index < -0.39 is 12.0 Å². The van der Waals surface area contributed by atoms with Crippen LogP contribution in [0.3, 0.4) is 0 Å². The van der Waals surface area contributed by atoms with Crippen molar-refractivity contribution in [3.05, 3.63) is 30.0 Å². The van der Waals surface area contributed by atoms with Gasteiger partial charge >= 0.3 is 5.97 Å². The fourth-order valence-electron chi connectivity index (χ4n) is 2.79. The van der Waals surface area contributed by atoms with Crippen LogP contribution >= 0.6 is 0 Å². The molecule has 6 heteroatoms. The molecule has 21 heavy (non-hydrogen) atoms. The standard InChI is InChI=1S/C15H19N3O3/c16-11(15(19)20)8-10-9-17-12-2-1-3-13(14(10)12)18-4-6-21-7-5-18/h1-3,9,11,17H,4-8,16H2,(H,19,20). The smallest absolute Gasteiger partial charge is 0.320 e. The highest BCUT2D eigenvalue weighted by molar-refractivity contribution is 5.96. The molecule has 1 saturated heterocycles. The number of nitrogens with zero attached hydrogens (tertiary/aromatic N) is 1. The second-order valence-corrected chi connectivity index (χ2v) is 5.26. The number of aliphatic carboxylic acids is 1. The van der Waals surface area contributed by atoms with Crippen molar-refractivity contribution in [3.8, 4) is 0 Å². The fourth-order valence-corrected chi connectivity index (χ4v) is 2.79. The van der Waals surface area contributed by atoms with Crippen LogP contribution in [0.2, 0.25) is 0 Å². The van der Waals surface area contributed by atoms with Gasteiger partial charge in [-0.2, -0.15) is 0 Å². The molecule has 1 fully saturated rings. The van der Waals surface area contributed by atoms with Gasteiger partial charge in [0.05, 0.1) is 13.2 Å². The van der Waals surface area contributed by atoms with E-state index in [1.165, 1.54) is 0 Å². The average Bonchev–Trinajstić information content (AvgIpc) is 2.91. The maximum atomic E-state index is 11.0. The number of hydrogen-bond donors (Lipinski definition) is 3. The zero-order chi connectivity index (χ0) is 14.8. The number of benzene rings is 1. The Bertz CT molecular complexity index is 647. The van der Waals surface area contributed by atoms with E-state index in [-0.39, 0.29) is 0 Å². The van der Waals surface area contributed by atoms with Crippen LogP contribution < -0.4 is 10.6 Å². The number of ether oxygens (including phenoxy) is 1. The topological polar surface area (TPSA) is 91.6 Å². The van der Waals surface area contributed by atoms with E-state index in [0.29, 0.717) is 19.6 Å². The number of H-pyrrole nitrogens is 1. The summed E-state index contributed by atoms with van der Waals surface area (Å²) < 4.78 is 5.39. The number of carboxylic acid groups (broad SMARTS) is 1. The zero-order valence-electron chi connectivity index (χ0n) is 11.7. The third-order valence-electron chi connectivity index (χ3n) is 3.87. The molecule has 1 aromatic carbocycles. The predicted octanol–water partition coefficient (Wildman–Crippen LogP) is 0.959. The van der Waals surface area contributed by atoms with Gasteiger partial charge in [0.2, 0.25) is 0 Å². The van der Waals surface area contributed by atoms with E-state index >= 15 is 0 Å². The molecule has 112 valence electrons. The van der Waals surface area contributed by atoms with Gasteiger partial charge in [0.1, 0.15) is 6.04 Å². The number of hydrogen-bond acceptors (Lipinski definition) is 4. The maximum absolute atomic E-state index is 11.0. The molecule has 3 rings (SSSR count). The number of carbonyl (C=O) groups is 1. The van der Waals surface area contributed by atoms with Crippen molar-refractivity contribution < 1.29 is 14.6 Å². The number of rotatable bonds is 4. The van der Waals surface area contributed by atoms with Gasteiger partial charge in [-0.1, -0.05) is 6.07 Å². The third-order valence-corrected chi connectivity index (χ3v) is 3.87. The van der Waals surface area contributed by atoms with Gasteiger partial charge in [-0.3, -0.25) is 4.79 Å². The van der Waals surface area contributed by atoms with Crippen molar-refractivity contribution in [1.82, 2.24) is 4.98 Å². The van der Waals surface area contributed by atoms with E-state index in [1.54, 1.807) is 0 Å². The molecule has 1 aliphatic rings. The minimum atomic E-state index is -0.979. The second-order valence-electron chi connectivity index (χ2n) is 5.26. The highest BCUT2D eigenvalue weighted by Crippen LogP contribution is 2.31. The molecule has 0 amide bonds. The lowest BCUT2D eigenvalue weighted by molar-refractivity contribution is -0.138. The van der Waals surface area contributed by atoms with E-state index in [0.717, 1.165) is 35.2 Å². The highest BCUT2D eigenvalue weighted by Gasteiger charge is 2.19. The normalized spacial score (nSPS) is 17.1. The van der Waals surface area contributed by atoms with Crippen LogP contribution in [0.5, 0.6) is 0 Å². The highest BCUT2D eigenvalue weighted by atomic mass is 16.5.